The van der Waals surface area contributed by atoms with E-state index in [1.54, 1.807) is 0 Å². The number of nitrogens with two attached hydrogens (primary N) is 1. The number of anilines is 1. The summed E-state index contributed by atoms with van der Waals surface area (Å²) in [6, 6.07) is 3.23. The van der Waals surface area contributed by atoms with Gasteiger partial charge in [0, 0.05) is 5.39 Å². The lowest BCUT2D eigenvalue weighted by Gasteiger charge is -2.08. The number of alkyl halides is 3. The Bertz CT molecular complexity index is 553. The summed E-state index contributed by atoms with van der Waals surface area (Å²) < 4.78 is 37.7. The molecule has 2 N–H and O–H groups in total. The third-order valence-electron chi connectivity index (χ3n) is 2.00. The fraction of sp³-hybridized carbons (Fsp3) is 0.111. The van der Waals surface area contributed by atoms with Crippen LogP contribution in [0.5, 0.6) is 0 Å². The minimum absolute atomic E-state index is 0.0706. The number of nitrogen functional groups attached to an aromatic ring is 1. The molecule has 0 radical (unpaired) electrons. The van der Waals surface area contributed by atoms with Crippen LogP contribution in [0, 0.1) is 0 Å². The van der Waals surface area contributed by atoms with Gasteiger partial charge >= 0.3 is 6.18 Å². The van der Waals surface area contributed by atoms with Crippen molar-refractivity contribution in [2.45, 2.75) is 6.18 Å². The van der Waals surface area contributed by atoms with Crippen molar-refractivity contribution in [2.24, 2.45) is 0 Å². The summed E-state index contributed by atoms with van der Waals surface area (Å²) in [6.07, 6.45) is -4.39. The summed E-state index contributed by atoms with van der Waals surface area (Å²) in [6.45, 7) is 0. The molecule has 0 atom stereocenters. The first-order valence-corrected chi connectivity index (χ1v) is 4.97. The molecule has 0 saturated carbocycles. The number of rotatable bonds is 0. The molecule has 1 heterocycles. The van der Waals surface area contributed by atoms with Gasteiger partial charge in [0.25, 0.3) is 0 Å². The quantitative estimate of drug-likeness (QED) is 0.759. The maximum atomic E-state index is 12.4. The van der Waals surface area contributed by atoms with Gasteiger partial charge in [0.1, 0.15) is 4.60 Å². The fourth-order valence-electron chi connectivity index (χ4n) is 1.28. The van der Waals surface area contributed by atoms with Crippen LogP contribution in [0.1, 0.15) is 5.56 Å². The van der Waals surface area contributed by atoms with Gasteiger partial charge in [-0.05, 0) is 34.1 Å². The van der Waals surface area contributed by atoms with E-state index in [1.807, 2.05) is 0 Å². The third-order valence-corrected chi connectivity index (χ3v) is 2.60. The lowest BCUT2D eigenvalue weighted by atomic mass is 10.1. The Morgan fingerprint density at radius 3 is 2.50 bits per heavy atom. The average Bonchev–Trinajstić information content (AvgIpc) is 2.15. The number of aromatic nitrogens is 2. The van der Waals surface area contributed by atoms with Crippen LogP contribution in [0.4, 0.5) is 19.1 Å². The van der Waals surface area contributed by atoms with Gasteiger partial charge in [0.05, 0.1) is 11.1 Å². The van der Waals surface area contributed by atoms with Gasteiger partial charge in [-0.1, -0.05) is 0 Å². The first-order valence-electron chi connectivity index (χ1n) is 4.18. The Labute approximate surface area is 96.6 Å². The Balaban J connectivity index is 2.71. The summed E-state index contributed by atoms with van der Waals surface area (Å²) >= 11 is 3.11. The van der Waals surface area contributed by atoms with Crippen LogP contribution in [0.3, 0.4) is 0 Å². The van der Waals surface area contributed by atoms with Gasteiger partial charge in [-0.2, -0.15) is 13.2 Å². The highest BCUT2D eigenvalue weighted by Crippen LogP contribution is 2.32. The zero-order chi connectivity index (χ0) is 11.9. The summed E-state index contributed by atoms with van der Waals surface area (Å²) in [7, 11) is 0. The normalized spacial score (nSPS) is 12.0. The Hall–Kier alpha value is -1.37. The largest absolute Gasteiger partial charge is 0.416 e. The highest BCUT2D eigenvalue weighted by Gasteiger charge is 2.30. The number of fused-ring (bicyclic) bond motifs is 1. The van der Waals surface area contributed by atoms with E-state index < -0.39 is 11.7 Å². The number of hydrogen-bond acceptors (Lipinski definition) is 3. The number of nitrogens with zero attached hydrogens (tertiary/aromatic N) is 2. The van der Waals surface area contributed by atoms with Crippen LogP contribution < -0.4 is 5.73 Å². The van der Waals surface area contributed by atoms with Gasteiger partial charge in [0.2, 0.25) is 5.95 Å². The Morgan fingerprint density at radius 1 is 1.19 bits per heavy atom. The molecule has 0 unspecified atom stereocenters. The van der Waals surface area contributed by atoms with Gasteiger partial charge in [-0.25, -0.2) is 9.97 Å². The van der Waals surface area contributed by atoms with Crippen molar-refractivity contribution in [3.63, 3.8) is 0 Å². The van der Waals surface area contributed by atoms with E-state index in [2.05, 4.69) is 25.9 Å². The number of benzene rings is 1. The van der Waals surface area contributed by atoms with Crippen molar-refractivity contribution in [2.75, 3.05) is 5.73 Å². The van der Waals surface area contributed by atoms with Gasteiger partial charge in [0.15, 0.2) is 0 Å². The van der Waals surface area contributed by atoms with E-state index in [1.165, 1.54) is 6.07 Å². The van der Waals surface area contributed by atoms with E-state index in [9.17, 15) is 13.2 Å². The molecule has 2 aromatic rings. The lowest BCUT2D eigenvalue weighted by molar-refractivity contribution is -0.137. The number of halogens is 4. The van der Waals surface area contributed by atoms with Crippen molar-refractivity contribution < 1.29 is 13.2 Å². The molecule has 0 spiro atoms. The molecular formula is C9H5BrF3N3. The van der Waals surface area contributed by atoms with Crippen LogP contribution in [0.25, 0.3) is 10.9 Å². The average molecular weight is 292 g/mol. The molecule has 16 heavy (non-hydrogen) atoms. The standard InChI is InChI=1S/C9H5BrF3N3/c10-7-5-2-1-4(9(11,12)13)3-6(5)15-8(14)16-7/h1-3H,(H2,14,15,16). The smallest absolute Gasteiger partial charge is 0.368 e. The summed E-state index contributed by atoms with van der Waals surface area (Å²) in [5.74, 6) is -0.0706. The first-order chi connectivity index (χ1) is 7.38. The van der Waals surface area contributed by atoms with Gasteiger partial charge in [-0.3, -0.25) is 0 Å². The van der Waals surface area contributed by atoms with Crippen LogP contribution in [-0.4, -0.2) is 9.97 Å². The maximum absolute atomic E-state index is 12.4. The van der Waals surface area contributed by atoms with Crippen LogP contribution >= 0.6 is 15.9 Å². The highest BCUT2D eigenvalue weighted by atomic mass is 79.9. The van der Waals surface area contributed by atoms with Crippen molar-refractivity contribution in [1.29, 1.82) is 0 Å². The molecule has 3 nitrogen and oxygen atoms in total. The minimum Gasteiger partial charge on any atom is -0.368 e. The van der Waals surface area contributed by atoms with Crippen molar-refractivity contribution in [3.8, 4) is 0 Å². The van der Waals surface area contributed by atoms with E-state index in [0.29, 0.717) is 9.99 Å². The topological polar surface area (TPSA) is 51.8 Å². The molecule has 0 aliphatic heterocycles. The SMILES string of the molecule is Nc1nc(Br)c2ccc(C(F)(F)F)cc2n1. The molecule has 0 aliphatic carbocycles. The van der Waals surface area contributed by atoms with Crippen molar-refractivity contribution >= 4 is 32.8 Å². The third kappa shape index (κ3) is 1.95. The van der Waals surface area contributed by atoms with Gasteiger partial charge < -0.3 is 5.73 Å². The summed E-state index contributed by atoms with van der Waals surface area (Å²) in [5.41, 5.74) is 4.75. The Morgan fingerprint density at radius 2 is 1.88 bits per heavy atom. The molecule has 1 aromatic heterocycles. The second-order valence-corrected chi connectivity index (χ2v) is 3.85. The number of hydrogen-bond donors (Lipinski definition) is 1. The van der Waals surface area contributed by atoms with Crippen LogP contribution in [0.15, 0.2) is 22.8 Å². The van der Waals surface area contributed by atoms with Crippen LogP contribution in [-0.2, 0) is 6.18 Å². The minimum atomic E-state index is -4.39. The molecular weight excluding hydrogens is 287 g/mol. The fourth-order valence-corrected chi connectivity index (χ4v) is 1.80. The monoisotopic (exact) mass is 291 g/mol. The molecule has 0 bridgehead atoms. The zero-order valence-corrected chi connectivity index (χ0v) is 9.30. The highest BCUT2D eigenvalue weighted by molar-refractivity contribution is 9.10. The molecule has 0 fully saturated rings. The summed E-state index contributed by atoms with van der Waals surface area (Å²) in [4.78, 5) is 7.54. The summed E-state index contributed by atoms with van der Waals surface area (Å²) in [5, 5.41) is 0.488. The second-order valence-electron chi connectivity index (χ2n) is 3.10. The van der Waals surface area contributed by atoms with Crippen LogP contribution in [0.2, 0.25) is 0 Å². The van der Waals surface area contributed by atoms with Crippen molar-refractivity contribution in [1.82, 2.24) is 9.97 Å². The van der Waals surface area contributed by atoms with E-state index in [0.717, 1.165) is 12.1 Å². The predicted molar refractivity (Wildman–Crippen MR) is 56.7 cm³/mol. The first kappa shape index (κ1) is 11.1. The molecule has 2 rings (SSSR count). The maximum Gasteiger partial charge on any atom is 0.416 e. The molecule has 0 aliphatic rings. The Kier molecular flexibility index (Phi) is 2.49. The molecule has 0 amide bonds. The molecule has 1 aromatic carbocycles. The molecule has 7 heteroatoms. The van der Waals surface area contributed by atoms with Gasteiger partial charge in [-0.15, -0.1) is 0 Å². The lowest BCUT2D eigenvalue weighted by Crippen LogP contribution is -2.05. The molecule has 84 valence electrons. The second kappa shape index (κ2) is 3.58. The predicted octanol–water partition coefficient (Wildman–Crippen LogP) is 2.99. The van der Waals surface area contributed by atoms with E-state index >= 15 is 0 Å². The van der Waals surface area contributed by atoms with E-state index in [-0.39, 0.29) is 11.5 Å². The zero-order valence-electron chi connectivity index (χ0n) is 7.72. The van der Waals surface area contributed by atoms with E-state index in [4.69, 9.17) is 5.73 Å². The van der Waals surface area contributed by atoms with Crippen molar-refractivity contribution in [3.05, 3.63) is 28.4 Å². The molecule has 0 saturated heterocycles.